The van der Waals surface area contributed by atoms with Gasteiger partial charge in [0.25, 0.3) is 5.91 Å². The minimum Gasteiger partial charge on any atom is -0.336 e. The van der Waals surface area contributed by atoms with E-state index < -0.39 is 27.6 Å². The van der Waals surface area contributed by atoms with Crippen LogP contribution in [0.3, 0.4) is 0 Å². The molecule has 0 aliphatic carbocycles. The Kier molecular flexibility index (Phi) is 5.21. The third-order valence-electron chi connectivity index (χ3n) is 4.26. The van der Waals surface area contributed by atoms with Crippen LogP contribution in [-0.4, -0.2) is 49.7 Å². The third kappa shape index (κ3) is 3.97. The van der Waals surface area contributed by atoms with Crippen molar-refractivity contribution < 1.29 is 22.0 Å². The molecule has 0 radical (unpaired) electrons. The van der Waals surface area contributed by atoms with Crippen molar-refractivity contribution in [3.8, 4) is 6.07 Å². The van der Waals surface area contributed by atoms with E-state index in [2.05, 4.69) is 0 Å². The highest BCUT2D eigenvalue weighted by Crippen LogP contribution is 2.19. The van der Waals surface area contributed by atoms with Crippen molar-refractivity contribution in [1.29, 1.82) is 5.26 Å². The maximum atomic E-state index is 13.3. The second-order valence-electron chi connectivity index (χ2n) is 5.99. The fourth-order valence-corrected chi connectivity index (χ4v) is 4.26. The Morgan fingerprint density at radius 3 is 2.04 bits per heavy atom. The number of halogens is 2. The van der Waals surface area contributed by atoms with E-state index in [1.54, 1.807) is 0 Å². The summed E-state index contributed by atoms with van der Waals surface area (Å²) < 4.78 is 53.2. The highest BCUT2D eigenvalue weighted by Gasteiger charge is 2.30. The van der Waals surface area contributed by atoms with Gasteiger partial charge in [0.2, 0.25) is 10.0 Å². The summed E-state index contributed by atoms with van der Waals surface area (Å²) in [7, 11) is -3.75. The number of carbonyl (C=O) groups is 1. The molecule has 9 heteroatoms. The van der Waals surface area contributed by atoms with Gasteiger partial charge in [0.05, 0.1) is 16.5 Å². The predicted molar refractivity (Wildman–Crippen MR) is 92.2 cm³/mol. The van der Waals surface area contributed by atoms with Crippen LogP contribution in [0, 0.1) is 23.0 Å². The molecular weight excluding hydrogens is 376 g/mol. The van der Waals surface area contributed by atoms with Gasteiger partial charge in [-0.1, -0.05) is 0 Å². The van der Waals surface area contributed by atoms with Gasteiger partial charge in [-0.3, -0.25) is 4.79 Å². The highest BCUT2D eigenvalue weighted by molar-refractivity contribution is 7.89. The Labute approximate surface area is 155 Å². The molecule has 0 spiro atoms. The standard InChI is InChI=1S/C18H15F2N3O3S/c19-15-9-14(10-16(20)11-15)18(24)22-5-7-23(8-6-22)27(25,26)17-3-1-13(12-21)2-4-17/h1-4,9-11H,5-8H2. The molecule has 1 amide bonds. The normalized spacial score (nSPS) is 15.4. The van der Waals surface area contributed by atoms with E-state index in [1.165, 1.54) is 33.5 Å². The van der Waals surface area contributed by atoms with E-state index in [-0.39, 0.29) is 36.6 Å². The van der Waals surface area contributed by atoms with Gasteiger partial charge in [0.15, 0.2) is 0 Å². The summed E-state index contributed by atoms with van der Waals surface area (Å²) in [6, 6.07) is 10.1. The summed E-state index contributed by atoms with van der Waals surface area (Å²) in [5, 5.41) is 8.80. The van der Waals surface area contributed by atoms with Gasteiger partial charge in [-0.2, -0.15) is 9.57 Å². The fraction of sp³-hybridized carbons (Fsp3) is 0.222. The van der Waals surface area contributed by atoms with Crippen molar-refractivity contribution in [2.75, 3.05) is 26.2 Å². The predicted octanol–water partition coefficient (Wildman–Crippen LogP) is 1.98. The van der Waals surface area contributed by atoms with E-state index in [1.807, 2.05) is 6.07 Å². The Balaban J connectivity index is 1.70. The lowest BCUT2D eigenvalue weighted by Gasteiger charge is -2.34. The maximum Gasteiger partial charge on any atom is 0.254 e. The first-order valence-corrected chi connectivity index (χ1v) is 9.51. The summed E-state index contributed by atoms with van der Waals surface area (Å²) in [4.78, 5) is 13.8. The van der Waals surface area contributed by atoms with E-state index in [4.69, 9.17) is 5.26 Å². The van der Waals surface area contributed by atoms with Crippen molar-refractivity contribution in [3.63, 3.8) is 0 Å². The smallest absolute Gasteiger partial charge is 0.254 e. The van der Waals surface area contributed by atoms with Gasteiger partial charge in [-0.05, 0) is 36.4 Å². The first-order valence-electron chi connectivity index (χ1n) is 8.07. The lowest BCUT2D eigenvalue weighted by molar-refractivity contribution is 0.0697. The molecule has 1 saturated heterocycles. The molecule has 27 heavy (non-hydrogen) atoms. The largest absolute Gasteiger partial charge is 0.336 e. The highest BCUT2D eigenvalue weighted by atomic mass is 32.2. The van der Waals surface area contributed by atoms with Gasteiger partial charge in [0.1, 0.15) is 11.6 Å². The number of hydrogen-bond acceptors (Lipinski definition) is 4. The zero-order valence-electron chi connectivity index (χ0n) is 14.1. The van der Waals surface area contributed by atoms with Crippen molar-refractivity contribution in [3.05, 3.63) is 65.2 Å². The van der Waals surface area contributed by atoms with Gasteiger partial charge < -0.3 is 4.90 Å². The van der Waals surface area contributed by atoms with Gasteiger partial charge >= 0.3 is 0 Å². The van der Waals surface area contributed by atoms with Gasteiger partial charge in [-0.25, -0.2) is 17.2 Å². The molecule has 2 aromatic rings. The molecule has 0 atom stereocenters. The summed E-state index contributed by atoms with van der Waals surface area (Å²) >= 11 is 0. The first-order chi connectivity index (χ1) is 12.8. The van der Waals surface area contributed by atoms with Crippen LogP contribution in [0.1, 0.15) is 15.9 Å². The molecular formula is C18H15F2N3O3S. The monoisotopic (exact) mass is 391 g/mol. The molecule has 0 unspecified atom stereocenters. The summed E-state index contributed by atoms with van der Waals surface area (Å²) in [6.45, 7) is 0.330. The molecule has 1 heterocycles. The summed E-state index contributed by atoms with van der Waals surface area (Å²) in [5.74, 6) is -2.25. The number of benzene rings is 2. The average molecular weight is 391 g/mol. The van der Waals surface area contributed by atoms with Crippen molar-refractivity contribution in [1.82, 2.24) is 9.21 Å². The van der Waals surface area contributed by atoms with E-state index >= 15 is 0 Å². The number of nitrogens with zero attached hydrogens (tertiary/aromatic N) is 3. The number of piperazine rings is 1. The Hall–Kier alpha value is -2.83. The van der Waals surface area contributed by atoms with Crippen LogP contribution in [0.2, 0.25) is 0 Å². The number of amides is 1. The van der Waals surface area contributed by atoms with Crippen LogP contribution < -0.4 is 0 Å². The third-order valence-corrected chi connectivity index (χ3v) is 6.17. The average Bonchev–Trinajstić information content (AvgIpc) is 2.67. The van der Waals surface area contributed by atoms with Crippen molar-refractivity contribution in [2.24, 2.45) is 0 Å². The Bertz CT molecular complexity index is 989. The number of nitriles is 1. The zero-order valence-corrected chi connectivity index (χ0v) is 14.9. The Morgan fingerprint density at radius 2 is 1.52 bits per heavy atom. The molecule has 0 saturated carbocycles. The number of rotatable bonds is 3. The van der Waals surface area contributed by atoms with Gasteiger partial charge in [-0.15, -0.1) is 0 Å². The van der Waals surface area contributed by atoms with Crippen LogP contribution in [0.15, 0.2) is 47.4 Å². The topological polar surface area (TPSA) is 81.5 Å². The first kappa shape index (κ1) is 18.9. The fourth-order valence-electron chi connectivity index (χ4n) is 2.84. The zero-order chi connectivity index (χ0) is 19.6. The second kappa shape index (κ2) is 7.42. The lowest BCUT2D eigenvalue weighted by atomic mass is 10.1. The summed E-state index contributed by atoms with van der Waals surface area (Å²) in [6.07, 6.45) is 0. The molecule has 3 rings (SSSR count). The van der Waals surface area contributed by atoms with Crippen LogP contribution in [0.5, 0.6) is 0 Å². The second-order valence-corrected chi connectivity index (χ2v) is 7.93. The molecule has 0 bridgehead atoms. The maximum absolute atomic E-state index is 13.3. The lowest BCUT2D eigenvalue weighted by Crippen LogP contribution is -2.50. The quantitative estimate of drug-likeness (QED) is 0.801. The van der Waals surface area contributed by atoms with E-state index in [0.29, 0.717) is 11.6 Å². The molecule has 140 valence electrons. The molecule has 1 fully saturated rings. The van der Waals surface area contributed by atoms with Crippen LogP contribution in [0.25, 0.3) is 0 Å². The van der Waals surface area contributed by atoms with Crippen molar-refractivity contribution in [2.45, 2.75) is 4.90 Å². The van der Waals surface area contributed by atoms with Crippen LogP contribution in [-0.2, 0) is 10.0 Å². The van der Waals surface area contributed by atoms with Crippen LogP contribution in [0.4, 0.5) is 8.78 Å². The molecule has 2 aromatic carbocycles. The van der Waals surface area contributed by atoms with Crippen molar-refractivity contribution >= 4 is 15.9 Å². The van der Waals surface area contributed by atoms with E-state index in [9.17, 15) is 22.0 Å². The molecule has 0 aromatic heterocycles. The van der Waals surface area contributed by atoms with Gasteiger partial charge in [0, 0.05) is 37.8 Å². The minimum absolute atomic E-state index is 0.0614. The molecule has 6 nitrogen and oxygen atoms in total. The molecule has 1 aliphatic rings. The Morgan fingerprint density at radius 1 is 0.963 bits per heavy atom. The SMILES string of the molecule is N#Cc1ccc(S(=O)(=O)N2CCN(C(=O)c3cc(F)cc(F)c3)CC2)cc1. The number of sulfonamides is 1. The summed E-state index contributed by atoms with van der Waals surface area (Å²) in [5.41, 5.74) is 0.239. The molecule has 0 N–H and O–H groups in total. The van der Waals surface area contributed by atoms with Crippen LogP contribution >= 0.6 is 0 Å². The van der Waals surface area contributed by atoms with E-state index in [0.717, 1.165) is 12.1 Å². The minimum atomic E-state index is -3.75. The number of hydrogen-bond donors (Lipinski definition) is 0. The molecule has 1 aliphatic heterocycles. The number of carbonyl (C=O) groups excluding carboxylic acids is 1.